The zero-order chi connectivity index (χ0) is 27.4. The van der Waals surface area contributed by atoms with Crippen LogP contribution in [0.1, 0.15) is 46.0 Å². The number of aryl methyl sites for hydroxylation is 2. The smallest absolute Gasteiger partial charge is 0.265 e. The topological polar surface area (TPSA) is 99.3 Å². The summed E-state index contributed by atoms with van der Waals surface area (Å²) in [5, 5.41) is 5.75. The molecule has 0 aliphatic carbocycles. The Morgan fingerprint density at radius 1 is 0.974 bits per heavy atom. The van der Waals surface area contributed by atoms with Crippen molar-refractivity contribution in [2.24, 2.45) is 7.05 Å². The zero-order valence-corrected chi connectivity index (χ0v) is 22.1. The highest BCUT2D eigenvalue weighted by molar-refractivity contribution is 6.22. The first-order chi connectivity index (χ1) is 18.7. The molecule has 6 rings (SSSR count). The lowest BCUT2D eigenvalue weighted by atomic mass is 10.1. The summed E-state index contributed by atoms with van der Waals surface area (Å²) in [5.74, 6) is 0.0537. The molecule has 196 valence electrons. The Kier molecular flexibility index (Phi) is 5.79. The molecule has 39 heavy (non-hydrogen) atoms. The number of amides is 2. The molecule has 0 spiro atoms. The Bertz CT molecular complexity index is 1870. The number of benzene rings is 3. The van der Waals surface area contributed by atoms with Crippen molar-refractivity contribution in [3.63, 3.8) is 0 Å². The van der Waals surface area contributed by atoms with Gasteiger partial charge < -0.3 is 4.74 Å². The van der Waals surface area contributed by atoms with Crippen LogP contribution in [-0.4, -0.2) is 48.7 Å². The maximum absolute atomic E-state index is 13.8. The Hall–Kier alpha value is -4.79. The standard InChI is InChI=1S/C30H27N5O4/c1-17(2)39-25-7-5-6-22-27(25)30(38)34(28(22)36)13-12-26-32-23-14-18(3)8-11-21(23)29(37)35(26)20-10-9-19-16-31-33(4)24(19)15-20/h5-11,14-17H,12-13H2,1-4H3. The fourth-order valence-electron chi connectivity index (χ4n) is 5.12. The van der Waals surface area contributed by atoms with Crippen molar-refractivity contribution in [3.05, 3.63) is 93.7 Å². The highest BCUT2D eigenvalue weighted by Crippen LogP contribution is 2.32. The summed E-state index contributed by atoms with van der Waals surface area (Å²) in [5.41, 5.74) is 3.43. The highest BCUT2D eigenvalue weighted by atomic mass is 16.5. The zero-order valence-electron chi connectivity index (χ0n) is 22.1. The average molecular weight is 522 g/mol. The van der Waals surface area contributed by atoms with Crippen LogP contribution in [0, 0.1) is 6.92 Å². The molecule has 3 aromatic carbocycles. The molecule has 0 saturated heterocycles. The fourth-order valence-corrected chi connectivity index (χ4v) is 5.12. The van der Waals surface area contributed by atoms with E-state index in [1.807, 2.05) is 58.2 Å². The van der Waals surface area contributed by atoms with Crippen molar-refractivity contribution in [1.82, 2.24) is 24.2 Å². The largest absolute Gasteiger partial charge is 0.490 e. The molecule has 0 saturated carbocycles. The van der Waals surface area contributed by atoms with E-state index in [1.165, 1.54) is 4.90 Å². The van der Waals surface area contributed by atoms with E-state index in [1.54, 1.807) is 39.7 Å². The molecule has 0 atom stereocenters. The van der Waals surface area contributed by atoms with Crippen molar-refractivity contribution >= 4 is 33.6 Å². The predicted octanol–water partition coefficient (Wildman–Crippen LogP) is 4.21. The lowest BCUT2D eigenvalue weighted by Gasteiger charge is -2.18. The molecular formula is C30H27N5O4. The quantitative estimate of drug-likeness (QED) is 0.311. The van der Waals surface area contributed by atoms with E-state index in [9.17, 15) is 14.4 Å². The number of aromatic nitrogens is 4. The van der Waals surface area contributed by atoms with Crippen LogP contribution in [0.15, 0.2) is 65.6 Å². The van der Waals surface area contributed by atoms with Gasteiger partial charge in [-0.3, -0.25) is 28.5 Å². The van der Waals surface area contributed by atoms with Crippen LogP contribution in [-0.2, 0) is 13.5 Å². The van der Waals surface area contributed by atoms with Gasteiger partial charge >= 0.3 is 0 Å². The second-order valence-electron chi connectivity index (χ2n) is 10.1. The van der Waals surface area contributed by atoms with Crippen molar-refractivity contribution in [2.45, 2.75) is 33.3 Å². The van der Waals surface area contributed by atoms with Gasteiger partial charge in [0.05, 0.1) is 45.5 Å². The Morgan fingerprint density at radius 3 is 2.59 bits per heavy atom. The summed E-state index contributed by atoms with van der Waals surface area (Å²) in [6.45, 7) is 5.74. The number of carbonyl (C=O) groups is 2. The molecule has 0 N–H and O–H groups in total. The SMILES string of the molecule is Cc1ccc2c(=O)n(-c3ccc4cnn(C)c4c3)c(CCN3C(=O)c4cccc(OC(C)C)c4C3=O)nc2c1. The molecule has 1 aliphatic rings. The summed E-state index contributed by atoms with van der Waals surface area (Å²) in [4.78, 5) is 46.5. The van der Waals surface area contributed by atoms with Crippen LogP contribution >= 0.6 is 0 Å². The van der Waals surface area contributed by atoms with Crippen molar-refractivity contribution in [2.75, 3.05) is 6.54 Å². The van der Waals surface area contributed by atoms with Gasteiger partial charge in [-0.25, -0.2) is 4.98 Å². The molecule has 0 unspecified atom stereocenters. The summed E-state index contributed by atoms with van der Waals surface area (Å²) in [6, 6.07) is 16.2. The van der Waals surface area contributed by atoms with E-state index >= 15 is 0 Å². The third kappa shape index (κ3) is 4.06. The van der Waals surface area contributed by atoms with Crippen LogP contribution in [0.2, 0.25) is 0 Å². The minimum atomic E-state index is -0.409. The summed E-state index contributed by atoms with van der Waals surface area (Å²) >= 11 is 0. The van der Waals surface area contributed by atoms with Crippen LogP contribution in [0.5, 0.6) is 5.75 Å². The Balaban J connectivity index is 1.42. The molecule has 0 radical (unpaired) electrons. The maximum Gasteiger partial charge on any atom is 0.265 e. The molecule has 2 amide bonds. The van der Waals surface area contributed by atoms with Crippen LogP contribution in [0.3, 0.4) is 0 Å². The molecule has 2 aromatic heterocycles. The molecule has 1 aliphatic heterocycles. The third-order valence-electron chi connectivity index (χ3n) is 6.97. The molecular weight excluding hydrogens is 494 g/mol. The number of hydrogen-bond acceptors (Lipinski definition) is 6. The highest BCUT2D eigenvalue weighted by Gasteiger charge is 2.38. The number of hydrogen-bond donors (Lipinski definition) is 0. The molecule has 9 heteroatoms. The minimum absolute atomic E-state index is 0.0607. The Morgan fingerprint density at radius 2 is 1.79 bits per heavy atom. The lowest BCUT2D eigenvalue weighted by Crippen LogP contribution is -2.33. The molecule has 3 heterocycles. The monoisotopic (exact) mass is 521 g/mol. The minimum Gasteiger partial charge on any atom is -0.490 e. The third-order valence-corrected chi connectivity index (χ3v) is 6.97. The molecule has 5 aromatic rings. The molecule has 0 bridgehead atoms. The first-order valence-electron chi connectivity index (χ1n) is 12.8. The van der Waals surface area contributed by atoms with Crippen molar-refractivity contribution < 1.29 is 14.3 Å². The number of ether oxygens (including phenoxy) is 1. The lowest BCUT2D eigenvalue weighted by molar-refractivity contribution is 0.0654. The van der Waals surface area contributed by atoms with Crippen LogP contribution in [0.4, 0.5) is 0 Å². The predicted molar refractivity (Wildman–Crippen MR) is 148 cm³/mol. The van der Waals surface area contributed by atoms with E-state index in [0.717, 1.165) is 16.5 Å². The van der Waals surface area contributed by atoms with E-state index in [2.05, 4.69) is 5.10 Å². The fraction of sp³-hybridized carbons (Fsp3) is 0.233. The van der Waals surface area contributed by atoms with E-state index in [4.69, 9.17) is 9.72 Å². The van der Waals surface area contributed by atoms with Gasteiger partial charge in [-0.05, 0) is 68.8 Å². The number of imide groups is 1. The van der Waals surface area contributed by atoms with Crippen molar-refractivity contribution in [3.8, 4) is 11.4 Å². The van der Waals surface area contributed by atoms with Gasteiger partial charge in [-0.1, -0.05) is 12.1 Å². The number of fused-ring (bicyclic) bond motifs is 3. The molecule has 9 nitrogen and oxygen atoms in total. The van der Waals surface area contributed by atoms with E-state index < -0.39 is 5.91 Å². The first kappa shape index (κ1) is 24.5. The first-order valence-corrected chi connectivity index (χ1v) is 12.8. The number of carbonyl (C=O) groups excluding carboxylic acids is 2. The average Bonchev–Trinajstić information content (AvgIpc) is 3.39. The Labute approximate surface area is 224 Å². The van der Waals surface area contributed by atoms with Gasteiger partial charge in [-0.15, -0.1) is 0 Å². The van der Waals surface area contributed by atoms with E-state index in [0.29, 0.717) is 33.7 Å². The van der Waals surface area contributed by atoms with Crippen LogP contribution < -0.4 is 10.3 Å². The summed E-state index contributed by atoms with van der Waals surface area (Å²) in [6.07, 6.45) is 1.81. The molecule has 0 fully saturated rings. The van der Waals surface area contributed by atoms with Gasteiger partial charge in [0, 0.05) is 25.4 Å². The number of rotatable bonds is 6. The second-order valence-corrected chi connectivity index (χ2v) is 10.1. The number of nitrogens with zero attached hydrogens (tertiary/aromatic N) is 5. The summed E-state index contributed by atoms with van der Waals surface area (Å²) < 4.78 is 9.12. The summed E-state index contributed by atoms with van der Waals surface area (Å²) in [7, 11) is 1.84. The van der Waals surface area contributed by atoms with Gasteiger partial charge in [0.15, 0.2) is 0 Å². The van der Waals surface area contributed by atoms with Gasteiger partial charge in [0.1, 0.15) is 11.6 Å². The van der Waals surface area contributed by atoms with Gasteiger partial charge in [0.2, 0.25) is 0 Å². The van der Waals surface area contributed by atoms with Crippen molar-refractivity contribution in [1.29, 1.82) is 0 Å². The normalized spacial score (nSPS) is 13.2. The van der Waals surface area contributed by atoms with Crippen LogP contribution in [0.25, 0.3) is 27.5 Å². The second kappa shape index (κ2) is 9.20. The van der Waals surface area contributed by atoms with Gasteiger partial charge in [-0.2, -0.15) is 5.10 Å². The van der Waals surface area contributed by atoms with E-state index in [-0.39, 0.29) is 36.1 Å². The van der Waals surface area contributed by atoms with Gasteiger partial charge in [0.25, 0.3) is 17.4 Å². The maximum atomic E-state index is 13.8.